The Kier molecular flexibility index (Phi) is 3.17. The summed E-state index contributed by atoms with van der Waals surface area (Å²) in [5, 5.41) is 0. The van der Waals surface area contributed by atoms with Crippen LogP contribution in [0.2, 0.25) is 0 Å². The van der Waals surface area contributed by atoms with Gasteiger partial charge in [-0.3, -0.25) is 4.79 Å². The van der Waals surface area contributed by atoms with Gasteiger partial charge in [-0.25, -0.2) is 0 Å². The molecule has 0 aromatic heterocycles. The van der Waals surface area contributed by atoms with E-state index >= 15 is 0 Å². The first-order valence-corrected chi connectivity index (χ1v) is 5.41. The average molecular weight is 204 g/mol. The standard InChI is InChI=1S/C13H16O2/c1-10(14)12-7-13(8-12)15-9-11-5-3-2-4-6-11/h2-6,12-13H,7-9H2,1H3. The molecule has 0 atom stereocenters. The molecule has 0 radical (unpaired) electrons. The number of hydrogen-bond donors (Lipinski definition) is 0. The predicted octanol–water partition coefficient (Wildman–Crippen LogP) is 2.57. The number of rotatable bonds is 4. The zero-order chi connectivity index (χ0) is 10.7. The SMILES string of the molecule is CC(=O)C1CC(OCc2ccccc2)C1. The van der Waals surface area contributed by atoms with E-state index in [9.17, 15) is 4.79 Å². The highest BCUT2D eigenvalue weighted by Gasteiger charge is 2.32. The highest BCUT2D eigenvalue weighted by molar-refractivity contribution is 5.79. The number of ether oxygens (including phenoxy) is 1. The fourth-order valence-corrected chi connectivity index (χ4v) is 1.82. The number of ketones is 1. The molecule has 15 heavy (non-hydrogen) atoms. The van der Waals surface area contributed by atoms with E-state index in [1.165, 1.54) is 5.56 Å². The van der Waals surface area contributed by atoms with Gasteiger partial charge in [-0.05, 0) is 25.3 Å². The maximum absolute atomic E-state index is 11.0. The second-order valence-electron chi connectivity index (χ2n) is 4.20. The maximum Gasteiger partial charge on any atom is 0.133 e. The second-order valence-corrected chi connectivity index (χ2v) is 4.20. The van der Waals surface area contributed by atoms with Gasteiger partial charge in [-0.2, -0.15) is 0 Å². The van der Waals surface area contributed by atoms with Crippen LogP contribution in [0.3, 0.4) is 0 Å². The van der Waals surface area contributed by atoms with Gasteiger partial charge in [-0.15, -0.1) is 0 Å². The minimum absolute atomic E-state index is 0.255. The lowest BCUT2D eigenvalue weighted by atomic mass is 9.80. The third kappa shape index (κ3) is 2.66. The molecule has 2 nitrogen and oxygen atoms in total. The van der Waals surface area contributed by atoms with E-state index in [1.807, 2.05) is 18.2 Å². The summed E-state index contributed by atoms with van der Waals surface area (Å²) in [5.41, 5.74) is 1.20. The van der Waals surface area contributed by atoms with E-state index in [-0.39, 0.29) is 5.92 Å². The van der Waals surface area contributed by atoms with Crippen LogP contribution in [0.1, 0.15) is 25.3 Å². The van der Waals surface area contributed by atoms with Crippen LogP contribution in [0, 0.1) is 5.92 Å². The van der Waals surface area contributed by atoms with Crippen molar-refractivity contribution in [2.75, 3.05) is 0 Å². The summed E-state index contributed by atoms with van der Waals surface area (Å²) < 4.78 is 5.69. The van der Waals surface area contributed by atoms with Gasteiger partial charge in [0, 0.05) is 5.92 Å². The third-order valence-electron chi connectivity index (χ3n) is 3.00. The van der Waals surface area contributed by atoms with E-state index in [2.05, 4.69) is 12.1 Å². The second kappa shape index (κ2) is 4.58. The van der Waals surface area contributed by atoms with Crippen molar-refractivity contribution in [2.24, 2.45) is 5.92 Å². The van der Waals surface area contributed by atoms with Crippen molar-refractivity contribution < 1.29 is 9.53 Å². The summed E-state index contributed by atoms with van der Waals surface area (Å²) in [6, 6.07) is 10.1. The fourth-order valence-electron chi connectivity index (χ4n) is 1.82. The summed E-state index contributed by atoms with van der Waals surface area (Å²) in [7, 11) is 0. The Bertz CT molecular complexity index is 326. The van der Waals surface area contributed by atoms with Crippen molar-refractivity contribution in [1.82, 2.24) is 0 Å². The minimum atomic E-state index is 0.255. The number of hydrogen-bond acceptors (Lipinski definition) is 2. The van der Waals surface area contributed by atoms with Crippen LogP contribution in [-0.4, -0.2) is 11.9 Å². The van der Waals surface area contributed by atoms with Crippen molar-refractivity contribution in [3.8, 4) is 0 Å². The van der Waals surface area contributed by atoms with Crippen LogP contribution in [0.25, 0.3) is 0 Å². The van der Waals surface area contributed by atoms with Gasteiger partial charge in [0.25, 0.3) is 0 Å². The zero-order valence-corrected chi connectivity index (χ0v) is 8.98. The van der Waals surface area contributed by atoms with E-state index in [4.69, 9.17) is 4.74 Å². The lowest BCUT2D eigenvalue weighted by Crippen LogP contribution is -2.35. The maximum atomic E-state index is 11.0. The van der Waals surface area contributed by atoms with E-state index in [0.717, 1.165) is 12.8 Å². The van der Waals surface area contributed by atoms with Gasteiger partial charge < -0.3 is 4.74 Å². The van der Waals surface area contributed by atoms with Crippen LogP contribution in [-0.2, 0) is 16.1 Å². The Hall–Kier alpha value is -1.15. The van der Waals surface area contributed by atoms with Crippen LogP contribution >= 0.6 is 0 Å². The molecule has 0 amide bonds. The Balaban J connectivity index is 1.71. The summed E-state index contributed by atoms with van der Waals surface area (Å²) in [5.74, 6) is 0.556. The van der Waals surface area contributed by atoms with Gasteiger partial charge in [0.05, 0.1) is 12.7 Å². The van der Waals surface area contributed by atoms with Crippen molar-refractivity contribution in [3.05, 3.63) is 35.9 Å². The highest BCUT2D eigenvalue weighted by Crippen LogP contribution is 2.31. The molecular formula is C13H16O2. The Morgan fingerprint density at radius 1 is 1.33 bits per heavy atom. The van der Waals surface area contributed by atoms with Crippen LogP contribution in [0.4, 0.5) is 0 Å². The molecule has 0 unspecified atom stereocenters. The predicted molar refractivity (Wildman–Crippen MR) is 58.4 cm³/mol. The average Bonchev–Trinajstić information content (AvgIpc) is 2.16. The summed E-state index contributed by atoms with van der Waals surface area (Å²) >= 11 is 0. The molecule has 80 valence electrons. The van der Waals surface area contributed by atoms with Gasteiger partial charge in [0.1, 0.15) is 5.78 Å². The van der Waals surface area contributed by atoms with Crippen LogP contribution in [0.5, 0.6) is 0 Å². The van der Waals surface area contributed by atoms with Gasteiger partial charge in [0.15, 0.2) is 0 Å². The molecule has 2 rings (SSSR count). The zero-order valence-electron chi connectivity index (χ0n) is 8.98. The quantitative estimate of drug-likeness (QED) is 0.753. The molecule has 1 fully saturated rings. The van der Waals surface area contributed by atoms with E-state index in [1.54, 1.807) is 6.92 Å². The lowest BCUT2D eigenvalue weighted by molar-refractivity contribution is -0.130. The lowest BCUT2D eigenvalue weighted by Gasteiger charge is -2.33. The minimum Gasteiger partial charge on any atom is -0.373 e. The van der Waals surface area contributed by atoms with Crippen molar-refractivity contribution >= 4 is 5.78 Å². The number of benzene rings is 1. The molecule has 1 aromatic carbocycles. The summed E-state index contributed by atoms with van der Waals surface area (Å²) in [6.45, 7) is 2.33. The molecule has 1 saturated carbocycles. The first kappa shape index (κ1) is 10.4. The van der Waals surface area contributed by atoms with Crippen LogP contribution < -0.4 is 0 Å². The largest absolute Gasteiger partial charge is 0.373 e. The molecule has 1 aliphatic rings. The van der Waals surface area contributed by atoms with Crippen molar-refractivity contribution in [2.45, 2.75) is 32.5 Å². The van der Waals surface area contributed by atoms with Crippen LogP contribution in [0.15, 0.2) is 30.3 Å². The smallest absolute Gasteiger partial charge is 0.133 e. The topological polar surface area (TPSA) is 26.3 Å². The first-order chi connectivity index (χ1) is 7.25. The number of carbonyl (C=O) groups excluding carboxylic acids is 1. The summed E-state index contributed by atoms with van der Waals surface area (Å²) in [6.07, 6.45) is 2.10. The molecule has 0 bridgehead atoms. The molecule has 0 aliphatic heterocycles. The van der Waals surface area contributed by atoms with E-state index in [0.29, 0.717) is 18.5 Å². The molecule has 0 saturated heterocycles. The first-order valence-electron chi connectivity index (χ1n) is 5.41. The van der Waals surface area contributed by atoms with Crippen molar-refractivity contribution in [3.63, 3.8) is 0 Å². The Morgan fingerprint density at radius 2 is 2.00 bits per heavy atom. The van der Waals surface area contributed by atoms with Gasteiger partial charge in [0.2, 0.25) is 0 Å². The molecule has 0 spiro atoms. The Labute approximate surface area is 90.3 Å². The summed E-state index contributed by atoms with van der Waals surface area (Å²) in [4.78, 5) is 11.0. The highest BCUT2D eigenvalue weighted by atomic mass is 16.5. The molecule has 2 heteroatoms. The van der Waals surface area contributed by atoms with Crippen molar-refractivity contribution in [1.29, 1.82) is 0 Å². The number of Topliss-reactive ketones (excluding diaryl/α,β-unsaturated/α-hetero) is 1. The third-order valence-corrected chi connectivity index (χ3v) is 3.00. The molecule has 0 heterocycles. The van der Waals surface area contributed by atoms with E-state index < -0.39 is 0 Å². The molecule has 0 N–H and O–H groups in total. The number of carbonyl (C=O) groups is 1. The molecule has 1 aromatic rings. The molecular weight excluding hydrogens is 188 g/mol. The Morgan fingerprint density at radius 3 is 2.60 bits per heavy atom. The van der Waals surface area contributed by atoms with Gasteiger partial charge in [-0.1, -0.05) is 30.3 Å². The van der Waals surface area contributed by atoms with Gasteiger partial charge >= 0.3 is 0 Å². The normalized spacial score (nSPS) is 24.6. The molecule has 1 aliphatic carbocycles. The fraction of sp³-hybridized carbons (Fsp3) is 0.462. The monoisotopic (exact) mass is 204 g/mol.